The molecule has 1 heterocycles. The molecule has 0 amide bonds. The largest absolute Gasteiger partial charge is 0.385 e. The maximum atomic E-state index is 14.1. The Labute approximate surface area is 122 Å². The van der Waals surface area contributed by atoms with E-state index in [0.29, 0.717) is 12.8 Å². The first kappa shape index (κ1) is 14.1. The summed E-state index contributed by atoms with van der Waals surface area (Å²) < 4.78 is 27.6. The Morgan fingerprint density at radius 3 is 2.86 bits per heavy atom. The van der Waals surface area contributed by atoms with Gasteiger partial charge in [0, 0.05) is 23.9 Å². The monoisotopic (exact) mass is 289 g/mol. The summed E-state index contributed by atoms with van der Waals surface area (Å²) in [5, 5.41) is 11.0. The minimum absolute atomic E-state index is 0.0337. The third-order valence-electron chi connectivity index (χ3n) is 4.32. The number of hydrogen-bond donors (Lipinski definition) is 1. The van der Waals surface area contributed by atoms with Crippen molar-refractivity contribution in [1.29, 1.82) is 0 Å². The van der Waals surface area contributed by atoms with Gasteiger partial charge in [0.25, 0.3) is 0 Å². The Balaban J connectivity index is 2.09. The van der Waals surface area contributed by atoms with Crippen molar-refractivity contribution in [3.05, 3.63) is 65.0 Å². The van der Waals surface area contributed by atoms with Crippen molar-refractivity contribution in [1.82, 2.24) is 4.98 Å². The highest BCUT2D eigenvalue weighted by Crippen LogP contribution is 2.40. The molecule has 0 saturated carbocycles. The fourth-order valence-corrected chi connectivity index (χ4v) is 3.13. The fraction of sp³-hybridized carbons (Fsp3) is 0.353. The van der Waals surface area contributed by atoms with Crippen LogP contribution in [0.25, 0.3) is 0 Å². The summed E-state index contributed by atoms with van der Waals surface area (Å²) in [7, 11) is 0. The quantitative estimate of drug-likeness (QED) is 0.812. The second-order valence-corrected chi connectivity index (χ2v) is 5.80. The Kier molecular flexibility index (Phi) is 3.49. The van der Waals surface area contributed by atoms with Gasteiger partial charge in [-0.1, -0.05) is 25.1 Å². The van der Waals surface area contributed by atoms with Crippen LogP contribution >= 0.6 is 0 Å². The molecule has 21 heavy (non-hydrogen) atoms. The van der Waals surface area contributed by atoms with Gasteiger partial charge >= 0.3 is 0 Å². The minimum atomic E-state index is -1.39. The van der Waals surface area contributed by atoms with Crippen LogP contribution in [0.1, 0.15) is 42.5 Å². The Bertz CT molecular complexity index is 674. The zero-order valence-corrected chi connectivity index (χ0v) is 11.8. The summed E-state index contributed by atoms with van der Waals surface area (Å²) >= 11 is 0. The van der Waals surface area contributed by atoms with Gasteiger partial charge in [-0.15, -0.1) is 0 Å². The number of aromatic nitrogens is 1. The van der Waals surface area contributed by atoms with Crippen LogP contribution in [0.4, 0.5) is 8.78 Å². The molecule has 0 unspecified atom stereocenters. The van der Waals surface area contributed by atoms with E-state index in [0.717, 1.165) is 17.3 Å². The van der Waals surface area contributed by atoms with Crippen LogP contribution in [-0.2, 0) is 12.0 Å². The summed E-state index contributed by atoms with van der Waals surface area (Å²) in [5.41, 5.74) is 0.472. The van der Waals surface area contributed by atoms with E-state index in [1.165, 1.54) is 12.1 Å². The zero-order chi connectivity index (χ0) is 15.0. The number of hydrogen-bond acceptors (Lipinski definition) is 2. The van der Waals surface area contributed by atoms with Gasteiger partial charge in [0.1, 0.15) is 0 Å². The average Bonchev–Trinajstić information content (AvgIpc) is 2.60. The molecule has 1 N–H and O–H groups in total. The lowest BCUT2D eigenvalue weighted by molar-refractivity contribution is 0.0230. The van der Waals surface area contributed by atoms with Crippen molar-refractivity contribution in [2.75, 3.05) is 0 Å². The molecular weight excluding hydrogens is 272 g/mol. The van der Waals surface area contributed by atoms with Crippen LogP contribution in [-0.4, -0.2) is 10.1 Å². The molecule has 0 fully saturated rings. The van der Waals surface area contributed by atoms with Crippen molar-refractivity contribution < 1.29 is 13.9 Å². The van der Waals surface area contributed by atoms with Crippen LogP contribution in [0.15, 0.2) is 36.5 Å². The summed E-state index contributed by atoms with van der Waals surface area (Å²) in [4.78, 5) is 4.38. The summed E-state index contributed by atoms with van der Waals surface area (Å²) in [6.07, 6.45) is 3.03. The van der Waals surface area contributed by atoms with E-state index in [1.54, 1.807) is 12.3 Å². The predicted molar refractivity (Wildman–Crippen MR) is 75.8 cm³/mol. The van der Waals surface area contributed by atoms with Crippen molar-refractivity contribution in [2.24, 2.45) is 0 Å². The summed E-state index contributed by atoms with van der Waals surface area (Å²) in [5.74, 6) is -1.70. The molecule has 2 aromatic rings. The molecule has 1 aliphatic rings. The Morgan fingerprint density at radius 2 is 2.05 bits per heavy atom. The van der Waals surface area contributed by atoms with Crippen molar-refractivity contribution in [3.8, 4) is 0 Å². The minimum Gasteiger partial charge on any atom is -0.385 e. The molecule has 1 aromatic heterocycles. The molecule has 0 saturated heterocycles. The second kappa shape index (κ2) is 5.19. The molecule has 1 aromatic carbocycles. The second-order valence-electron chi connectivity index (χ2n) is 5.80. The van der Waals surface area contributed by atoms with E-state index in [2.05, 4.69) is 4.98 Å². The number of benzene rings is 1. The first-order valence-electron chi connectivity index (χ1n) is 7.12. The van der Waals surface area contributed by atoms with E-state index in [-0.39, 0.29) is 17.9 Å². The van der Waals surface area contributed by atoms with Gasteiger partial charge in [-0.3, -0.25) is 4.98 Å². The number of rotatable bonds is 1. The number of pyridine rings is 1. The SMILES string of the molecule is C[C@H]1CC[C@@](O)(c2cccc(F)c2F)Cc2cccnc21. The van der Waals surface area contributed by atoms with Crippen LogP contribution < -0.4 is 0 Å². The van der Waals surface area contributed by atoms with Crippen LogP contribution in [0, 0.1) is 11.6 Å². The third kappa shape index (κ3) is 2.44. The predicted octanol–water partition coefficient (Wildman–Crippen LogP) is 3.69. The van der Waals surface area contributed by atoms with Gasteiger partial charge in [-0.05, 0) is 36.5 Å². The molecule has 4 heteroatoms. The molecule has 0 bridgehead atoms. The van der Waals surface area contributed by atoms with Crippen molar-refractivity contribution in [2.45, 2.75) is 37.7 Å². The number of halogens is 2. The molecule has 1 aliphatic carbocycles. The maximum absolute atomic E-state index is 14.1. The van der Waals surface area contributed by atoms with Gasteiger partial charge in [0.15, 0.2) is 11.6 Å². The van der Waals surface area contributed by atoms with Crippen LogP contribution in [0.5, 0.6) is 0 Å². The molecular formula is C17H17F2NO. The van der Waals surface area contributed by atoms with E-state index < -0.39 is 17.2 Å². The highest BCUT2D eigenvalue weighted by atomic mass is 19.2. The molecule has 110 valence electrons. The molecule has 2 atom stereocenters. The van der Waals surface area contributed by atoms with Gasteiger partial charge in [0.2, 0.25) is 0 Å². The number of aliphatic hydroxyl groups is 1. The lowest BCUT2D eigenvalue weighted by atomic mass is 9.84. The van der Waals surface area contributed by atoms with Crippen molar-refractivity contribution >= 4 is 0 Å². The average molecular weight is 289 g/mol. The molecule has 2 nitrogen and oxygen atoms in total. The third-order valence-corrected chi connectivity index (χ3v) is 4.32. The topological polar surface area (TPSA) is 33.1 Å². The van der Waals surface area contributed by atoms with E-state index in [1.807, 2.05) is 13.0 Å². The van der Waals surface area contributed by atoms with Gasteiger partial charge in [0.05, 0.1) is 5.60 Å². The van der Waals surface area contributed by atoms with Gasteiger partial charge in [-0.2, -0.15) is 0 Å². The number of fused-ring (bicyclic) bond motifs is 1. The van der Waals surface area contributed by atoms with E-state index in [9.17, 15) is 13.9 Å². The van der Waals surface area contributed by atoms with Crippen LogP contribution in [0.2, 0.25) is 0 Å². The highest BCUT2D eigenvalue weighted by molar-refractivity contribution is 5.33. The van der Waals surface area contributed by atoms with Crippen molar-refractivity contribution in [3.63, 3.8) is 0 Å². The maximum Gasteiger partial charge on any atom is 0.164 e. The van der Waals surface area contributed by atoms with Gasteiger partial charge < -0.3 is 5.11 Å². The molecule has 3 rings (SSSR count). The lowest BCUT2D eigenvalue weighted by Crippen LogP contribution is -2.29. The summed E-state index contributed by atoms with van der Waals surface area (Å²) in [6, 6.07) is 7.66. The van der Waals surface area contributed by atoms with E-state index in [4.69, 9.17) is 0 Å². The lowest BCUT2D eigenvalue weighted by Gasteiger charge is -2.28. The highest BCUT2D eigenvalue weighted by Gasteiger charge is 2.37. The molecule has 0 aliphatic heterocycles. The van der Waals surface area contributed by atoms with Crippen LogP contribution in [0.3, 0.4) is 0 Å². The first-order valence-corrected chi connectivity index (χ1v) is 7.12. The summed E-state index contributed by atoms with van der Waals surface area (Å²) in [6.45, 7) is 2.04. The molecule has 0 radical (unpaired) electrons. The normalized spacial score (nSPS) is 25.2. The van der Waals surface area contributed by atoms with Gasteiger partial charge in [-0.25, -0.2) is 8.78 Å². The van der Waals surface area contributed by atoms with E-state index >= 15 is 0 Å². The Hall–Kier alpha value is -1.81. The smallest absolute Gasteiger partial charge is 0.164 e. The standard InChI is InChI=1S/C17H17F2NO/c1-11-7-8-17(21,10-12-4-3-9-20-16(11)12)13-5-2-6-14(18)15(13)19/h2-6,9,11,21H,7-8,10H2,1H3/t11-,17-/m0/s1. The number of nitrogens with zero attached hydrogens (tertiary/aromatic N) is 1. The first-order chi connectivity index (χ1) is 10.0. The zero-order valence-electron chi connectivity index (χ0n) is 11.8. The Morgan fingerprint density at radius 1 is 1.24 bits per heavy atom. The fourth-order valence-electron chi connectivity index (χ4n) is 3.13. The molecule has 0 spiro atoms.